The zero-order valence-corrected chi connectivity index (χ0v) is 47.4. The summed E-state index contributed by atoms with van der Waals surface area (Å²) in [4.78, 5) is 0. The van der Waals surface area contributed by atoms with Gasteiger partial charge in [0, 0.05) is 32.9 Å². The van der Waals surface area contributed by atoms with Gasteiger partial charge in [0.25, 0.3) is 0 Å². The van der Waals surface area contributed by atoms with Crippen molar-refractivity contribution < 1.29 is 0 Å². The van der Waals surface area contributed by atoms with Crippen LogP contribution in [0.25, 0.3) is 55.0 Å². The summed E-state index contributed by atoms with van der Waals surface area (Å²) >= 11 is 0. The topological polar surface area (TPSA) is 9.86 Å². The van der Waals surface area contributed by atoms with Crippen molar-refractivity contribution >= 4 is 120 Å². The van der Waals surface area contributed by atoms with Crippen LogP contribution in [0.3, 0.4) is 0 Å². The van der Waals surface area contributed by atoms with Crippen LogP contribution in [0.15, 0.2) is 315 Å². The normalized spacial score (nSPS) is 12.2. The maximum absolute atomic E-state index is 2.82. The van der Waals surface area contributed by atoms with Gasteiger partial charge < -0.3 is 9.13 Å². The lowest BCUT2D eigenvalue weighted by molar-refractivity contribution is 1.18. The van der Waals surface area contributed by atoms with Gasteiger partial charge in [-0.25, -0.2) is 0 Å². The quantitative estimate of drug-likeness (QED) is 0.0852. The fourth-order valence-corrected chi connectivity index (χ4v) is 25.2. The van der Waals surface area contributed by atoms with Crippen LogP contribution in [0.4, 0.5) is 0 Å². The Morgan fingerprint density at radius 1 is 0.203 bits per heavy atom. The molecule has 0 amide bonds. The van der Waals surface area contributed by atoms with Gasteiger partial charge >= 0.3 is 0 Å². The molecule has 5 heteroatoms. The summed E-state index contributed by atoms with van der Waals surface area (Å²) in [5.74, 6) is 0. The van der Waals surface area contributed by atoms with E-state index in [1.54, 1.807) is 0 Å². The Kier molecular flexibility index (Phi) is 12.1. The molecule has 2 nitrogen and oxygen atoms in total. The summed E-state index contributed by atoms with van der Waals surface area (Å²) in [6.07, 6.45) is 0. The predicted molar refractivity (Wildman–Crippen MR) is 346 cm³/mol. The molecule has 0 bridgehead atoms. The lowest BCUT2D eigenvalue weighted by Crippen LogP contribution is -2.74. The first kappa shape index (κ1) is 48.3. The van der Waals surface area contributed by atoms with Crippen LogP contribution in [-0.4, -0.2) is 33.4 Å². The molecule has 0 saturated heterocycles. The Bertz CT molecular complexity index is 3980. The van der Waals surface area contributed by atoms with Crippen molar-refractivity contribution in [3.63, 3.8) is 0 Å². The van der Waals surface area contributed by atoms with Crippen LogP contribution in [-0.2, 0) is 0 Å². The minimum atomic E-state index is -2.82. The maximum atomic E-state index is 2.57. The van der Waals surface area contributed by atoms with Crippen LogP contribution in [0.5, 0.6) is 0 Å². The molecule has 0 saturated carbocycles. The first-order valence-electron chi connectivity index (χ1n) is 27.6. The molecule has 2 heterocycles. The third-order valence-corrected chi connectivity index (χ3v) is 30.2. The molecule has 14 rings (SSSR count). The van der Waals surface area contributed by atoms with Crippen LogP contribution < -0.4 is 51.9 Å². The standard InChI is InChI=1S/C74H58N2Si3/c1-77(2,63-43-47-71-67(51-63)69-53-65(45-49-73(69)75(71)55-27-11-3-12-28-55)78(57-31-15-5-16-32-57,58-33-17-6-18-34-58)59-35-19-7-20-36-59)64-44-48-72-68(52-64)70-54-66(46-50-74(70)76(72)56-29-13-4-14-30-56)79(60-37-21-8-22-38-60,61-39-23-9-24-40-61)62-41-25-10-26-42-62/h3-54H,1-2H3. The molecule has 0 fully saturated rings. The Hall–Kier alpha value is -9.11. The van der Waals surface area contributed by atoms with Gasteiger partial charge in [-0.05, 0) is 90.0 Å². The molecule has 376 valence electrons. The second kappa shape index (κ2) is 19.7. The van der Waals surface area contributed by atoms with E-state index in [1.165, 1.54) is 95.5 Å². The SMILES string of the molecule is C[Si](C)(c1ccc2c(c1)c1cc([Si](c3ccccc3)(c3ccccc3)c3ccccc3)ccc1n2-c1ccccc1)c1ccc2c(c1)c1cc([Si](c3ccccc3)(c3ccccc3)c3ccccc3)ccc1n2-c1ccccc1. The molecule has 0 aliphatic heterocycles. The van der Waals surface area contributed by atoms with Gasteiger partial charge in [0.15, 0.2) is 16.1 Å². The van der Waals surface area contributed by atoms with E-state index in [2.05, 4.69) is 338 Å². The van der Waals surface area contributed by atoms with Crippen LogP contribution in [0.2, 0.25) is 13.1 Å². The summed E-state index contributed by atoms with van der Waals surface area (Å²) in [7, 11) is -8.07. The minimum absolute atomic E-state index is 1.16. The van der Waals surface area contributed by atoms with Gasteiger partial charge in [-0.3, -0.25) is 0 Å². The second-order valence-corrected chi connectivity index (χ2v) is 33.6. The summed E-state index contributed by atoms with van der Waals surface area (Å²) < 4.78 is 4.96. The molecule has 79 heavy (non-hydrogen) atoms. The Labute approximate surface area is 465 Å². The fourth-order valence-electron chi connectivity index (χ4n) is 13.3. The Morgan fingerprint density at radius 2 is 0.405 bits per heavy atom. The van der Waals surface area contributed by atoms with E-state index in [0.717, 1.165) is 11.4 Å². The Balaban J connectivity index is 0.996. The number of aromatic nitrogens is 2. The number of rotatable bonds is 12. The predicted octanol–water partition coefficient (Wildman–Crippen LogP) is 11.5. The zero-order valence-electron chi connectivity index (χ0n) is 44.4. The molecule has 14 aromatic rings. The number of nitrogens with zero attached hydrogens (tertiary/aromatic N) is 2. The number of benzene rings is 12. The highest BCUT2D eigenvalue weighted by molar-refractivity contribution is 7.20. The van der Waals surface area contributed by atoms with Crippen molar-refractivity contribution in [3.05, 3.63) is 315 Å². The second-order valence-electron chi connectivity index (χ2n) is 21.6. The van der Waals surface area contributed by atoms with Crippen molar-refractivity contribution in [1.82, 2.24) is 9.13 Å². The van der Waals surface area contributed by atoms with E-state index in [-0.39, 0.29) is 0 Å². The molecular formula is C74H58N2Si3. The number of fused-ring (bicyclic) bond motifs is 6. The molecule has 0 aliphatic rings. The summed E-state index contributed by atoms with van der Waals surface area (Å²) in [5, 5.41) is 18.9. The zero-order chi connectivity index (χ0) is 53.0. The summed E-state index contributed by atoms with van der Waals surface area (Å²) in [6.45, 7) is 5.10. The van der Waals surface area contributed by atoms with E-state index >= 15 is 0 Å². The highest BCUT2D eigenvalue weighted by Crippen LogP contribution is 2.35. The van der Waals surface area contributed by atoms with Crippen molar-refractivity contribution in [2.24, 2.45) is 0 Å². The third kappa shape index (κ3) is 7.79. The molecule has 0 atom stereocenters. The highest BCUT2D eigenvalue weighted by atomic mass is 28.3. The van der Waals surface area contributed by atoms with E-state index in [9.17, 15) is 0 Å². The molecular weight excluding hydrogens is 1000 g/mol. The molecule has 0 spiro atoms. The molecule has 2 aromatic heterocycles. The van der Waals surface area contributed by atoms with Gasteiger partial charge in [-0.2, -0.15) is 0 Å². The van der Waals surface area contributed by atoms with Crippen molar-refractivity contribution in [1.29, 1.82) is 0 Å². The van der Waals surface area contributed by atoms with Crippen molar-refractivity contribution in [2.45, 2.75) is 13.1 Å². The summed E-state index contributed by atoms with van der Waals surface area (Å²) in [5.41, 5.74) is 7.19. The largest absolute Gasteiger partial charge is 0.309 e. The average molecular weight is 1060 g/mol. The molecule has 0 radical (unpaired) electrons. The third-order valence-electron chi connectivity index (χ3n) is 17.1. The molecule has 0 unspecified atom stereocenters. The van der Waals surface area contributed by atoms with Crippen molar-refractivity contribution in [3.8, 4) is 11.4 Å². The van der Waals surface area contributed by atoms with Crippen LogP contribution in [0.1, 0.15) is 0 Å². The minimum Gasteiger partial charge on any atom is -0.309 e. The molecule has 12 aromatic carbocycles. The van der Waals surface area contributed by atoms with Crippen LogP contribution >= 0.6 is 0 Å². The first-order valence-corrected chi connectivity index (χ1v) is 34.6. The smallest absolute Gasteiger partial charge is 0.179 e. The van der Waals surface area contributed by atoms with Crippen LogP contribution in [0, 0.1) is 0 Å². The van der Waals surface area contributed by atoms with Gasteiger partial charge in [0.1, 0.15) is 8.07 Å². The lowest BCUT2D eigenvalue weighted by atomic mass is 10.1. The van der Waals surface area contributed by atoms with Crippen molar-refractivity contribution in [2.75, 3.05) is 0 Å². The fraction of sp³-hybridized carbons (Fsp3) is 0.0270. The van der Waals surface area contributed by atoms with E-state index in [4.69, 9.17) is 0 Å². The van der Waals surface area contributed by atoms with Gasteiger partial charge in [-0.1, -0.05) is 290 Å². The highest BCUT2D eigenvalue weighted by Gasteiger charge is 2.43. The van der Waals surface area contributed by atoms with Gasteiger partial charge in [0.05, 0.1) is 22.1 Å². The van der Waals surface area contributed by atoms with E-state index < -0.39 is 24.2 Å². The number of hydrogen-bond acceptors (Lipinski definition) is 0. The molecule has 0 N–H and O–H groups in total. The first-order chi connectivity index (χ1) is 39.0. The molecule has 0 aliphatic carbocycles. The monoisotopic (exact) mass is 1060 g/mol. The van der Waals surface area contributed by atoms with E-state index in [0.29, 0.717) is 0 Å². The number of hydrogen-bond donors (Lipinski definition) is 0. The van der Waals surface area contributed by atoms with Gasteiger partial charge in [-0.15, -0.1) is 0 Å². The lowest BCUT2D eigenvalue weighted by Gasteiger charge is -2.34. The number of para-hydroxylation sites is 2. The Morgan fingerprint density at radius 3 is 0.646 bits per heavy atom. The maximum Gasteiger partial charge on any atom is 0.179 e. The van der Waals surface area contributed by atoms with E-state index in [1.807, 2.05) is 0 Å². The van der Waals surface area contributed by atoms with Gasteiger partial charge in [0.2, 0.25) is 0 Å². The summed E-state index contributed by atoms with van der Waals surface area (Å²) in [6, 6.07) is 119. The average Bonchev–Trinajstić information content (AvgIpc) is 4.14.